The number of non-ortho nitro benzene ring substituents is 1. The van der Waals surface area contributed by atoms with Crippen molar-refractivity contribution in [1.82, 2.24) is 4.31 Å². The van der Waals surface area contributed by atoms with Gasteiger partial charge in [-0.3, -0.25) is 10.1 Å². The van der Waals surface area contributed by atoms with Crippen molar-refractivity contribution in [2.24, 2.45) is 0 Å². The van der Waals surface area contributed by atoms with Gasteiger partial charge in [-0.15, -0.1) is 0 Å². The van der Waals surface area contributed by atoms with Crippen molar-refractivity contribution >= 4 is 33.3 Å². The average Bonchev–Trinajstić information content (AvgIpc) is 2.71. The zero-order chi connectivity index (χ0) is 22.8. The van der Waals surface area contributed by atoms with Gasteiger partial charge in [0.05, 0.1) is 27.7 Å². The summed E-state index contributed by atoms with van der Waals surface area (Å²) in [5, 5.41) is 10.7. The Morgan fingerprint density at radius 3 is 2.39 bits per heavy atom. The summed E-state index contributed by atoms with van der Waals surface area (Å²) in [5.74, 6) is -0.741. The van der Waals surface area contributed by atoms with Crippen LogP contribution in [0, 0.1) is 10.1 Å². The van der Waals surface area contributed by atoms with E-state index in [0.717, 1.165) is 0 Å². The van der Waals surface area contributed by atoms with Crippen molar-refractivity contribution < 1.29 is 27.6 Å². The van der Waals surface area contributed by atoms with E-state index in [0.29, 0.717) is 5.56 Å². The van der Waals surface area contributed by atoms with E-state index >= 15 is 0 Å². The molecule has 2 atom stereocenters. The molecule has 0 aromatic heterocycles. The van der Waals surface area contributed by atoms with Crippen LogP contribution in [0.25, 0.3) is 0 Å². The minimum absolute atomic E-state index is 0.00119. The molecule has 9 nitrogen and oxygen atoms in total. The highest BCUT2D eigenvalue weighted by atomic mass is 35.5. The normalized spacial score (nSPS) is 19.7. The Bertz CT molecular complexity index is 1080. The Kier molecular flexibility index (Phi) is 6.95. The molecule has 1 aliphatic heterocycles. The predicted octanol–water partition coefficient (Wildman–Crippen LogP) is 3.40. The molecule has 1 aliphatic rings. The number of nitrogens with zero attached hydrogens (tertiary/aromatic N) is 2. The van der Waals surface area contributed by atoms with E-state index in [2.05, 4.69) is 0 Å². The van der Waals surface area contributed by atoms with Gasteiger partial charge in [-0.2, -0.15) is 4.31 Å². The van der Waals surface area contributed by atoms with Crippen molar-refractivity contribution in [3.05, 3.63) is 68.7 Å². The van der Waals surface area contributed by atoms with Crippen LogP contribution in [0.3, 0.4) is 0 Å². The van der Waals surface area contributed by atoms with Gasteiger partial charge in [0.1, 0.15) is 11.5 Å². The summed E-state index contributed by atoms with van der Waals surface area (Å²) in [6, 6.07) is 9.48. The molecule has 0 radical (unpaired) electrons. The molecule has 0 amide bonds. The number of benzene rings is 2. The van der Waals surface area contributed by atoms with Crippen molar-refractivity contribution in [3.8, 4) is 0 Å². The summed E-state index contributed by atoms with van der Waals surface area (Å²) in [6.07, 6.45) is -0.542. The lowest BCUT2D eigenvalue weighted by Gasteiger charge is -2.34. The second-order valence-electron chi connectivity index (χ2n) is 7.22. The lowest BCUT2D eigenvalue weighted by Crippen LogP contribution is -2.48. The van der Waals surface area contributed by atoms with Crippen LogP contribution in [0.15, 0.2) is 47.4 Å². The van der Waals surface area contributed by atoms with Gasteiger partial charge < -0.3 is 9.47 Å². The van der Waals surface area contributed by atoms with E-state index in [1.807, 2.05) is 0 Å². The van der Waals surface area contributed by atoms with Gasteiger partial charge in [0, 0.05) is 25.2 Å². The first-order chi connectivity index (χ1) is 14.6. The third kappa shape index (κ3) is 5.40. The largest absolute Gasteiger partial charge is 0.457 e. The summed E-state index contributed by atoms with van der Waals surface area (Å²) < 4.78 is 38.3. The molecular formula is C20H21ClN2O7S. The molecule has 166 valence electrons. The number of nitro groups is 1. The number of morpholine rings is 1. The lowest BCUT2D eigenvalue weighted by atomic mass is 10.2. The second kappa shape index (κ2) is 9.31. The van der Waals surface area contributed by atoms with Gasteiger partial charge in [0.15, 0.2) is 0 Å². The summed E-state index contributed by atoms with van der Waals surface area (Å²) in [6.45, 7) is 3.80. The third-order valence-corrected chi connectivity index (χ3v) is 7.00. The van der Waals surface area contributed by atoms with E-state index in [-0.39, 0.29) is 53.1 Å². The molecule has 2 aromatic rings. The minimum atomic E-state index is -3.94. The van der Waals surface area contributed by atoms with E-state index in [9.17, 15) is 23.3 Å². The first-order valence-electron chi connectivity index (χ1n) is 9.43. The standard InChI is InChI=1S/C20H21ClN2O7S/c1-13-10-22(11-14(2)30-13)31(27,28)19-9-16(5-8-18(19)21)20(24)29-12-15-3-6-17(7-4-15)23(25)26/h3-9,13-14H,10-12H2,1-2H3. The molecule has 11 heteroatoms. The van der Waals surface area contributed by atoms with E-state index in [4.69, 9.17) is 21.1 Å². The van der Waals surface area contributed by atoms with Gasteiger partial charge in [-0.1, -0.05) is 11.6 Å². The highest BCUT2D eigenvalue weighted by Crippen LogP contribution is 2.28. The molecule has 0 spiro atoms. The Balaban J connectivity index is 1.76. The molecule has 2 aromatic carbocycles. The van der Waals surface area contributed by atoms with Crippen LogP contribution >= 0.6 is 11.6 Å². The van der Waals surface area contributed by atoms with E-state index < -0.39 is 20.9 Å². The number of nitro benzene ring substituents is 1. The third-order valence-electron chi connectivity index (χ3n) is 4.69. The van der Waals surface area contributed by atoms with Crippen LogP contribution in [0.1, 0.15) is 29.8 Å². The number of rotatable bonds is 6. The smallest absolute Gasteiger partial charge is 0.338 e. The fourth-order valence-corrected chi connectivity index (χ4v) is 5.33. The monoisotopic (exact) mass is 468 g/mol. The highest BCUT2D eigenvalue weighted by molar-refractivity contribution is 7.89. The molecule has 1 heterocycles. The second-order valence-corrected chi connectivity index (χ2v) is 9.54. The van der Waals surface area contributed by atoms with Crippen LogP contribution in [-0.2, 0) is 26.1 Å². The maximum Gasteiger partial charge on any atom is 0.338 e. The maximum atomic E-state index is 13.1. The fraction of sp³-hybridized carbons (Fsp3) is 0.350. The van der Waals surface area contributed by atoms with Crippen LogP contribution in [0.2, 0.25) is 5.02 Å². The SMILES string of the molecule is CC1CN(S(=O)(=O)c2cc(C(=O)OCc3ccc([N+](=O)[O-])cc3)ccc2Cl)CC(C)O1. The van der Waals surface area contributed by atoms with Crippen molar-refractivity contribution in [2.75, 3.05) is 13.1 Å². The zero-order valence-electron chi connectivity index (χ0n) is 16.9. The topological polar surface area (TPSA) is 116 Å². The number of esters is 1. The van der Waals surface area contributed by atoms with Gasteiger partial charge in [0.2, 0.25) is 10.0 Å². The van der Waals surface area contributed by atoms with Crippen LogP contribution < -0.4 is 0 Å². The number of carbonyl (C=O) groups is 1. The molecule has 0 bridgehead atoms. The molecule has 2 unspecified atom stereocenters. The van der Waals surface area contributed by atoms with Gasteiger partial charge in [0.25, 0.3) is 5.69 Å². The maximum absolute atomic E-state index is 13.1. The number of hydrogen-bond donors (Lipinski definition) is 0. The zero-order valence-corrected chi connectivity index (χ0v) is 18.4. The Hall–Kier alpha value is -2.53. The lowest BCUT2D eigenvalue weighted by molar-refractivity contribution is -0.384. The molecular weight excluding hydrogens is 448 g/mol. The summed E-state index contributed by atoms with van der Waals surface area (Å²) in [4.78, 5) is 22.5. The molecule has 0 N–H and O–H groups in total. The first kappa shape index (κ1) is 23.1. The van der Waals surface area contributed by atoms with Crippen molar-refractivity contribution in [1.29, 1.82) is 0 Å². The van der Waals surface area contributed by atoms with Gasteiger partial charge >= 0.3 is 5.97 Å². The van der Waals surface area contributed by atoms with E-state index in [1.165, 1.54) is 46.8 Å². The summed E-state index contributed by atoms with van der Waals surface area (Å²) in [7, 11) is -3.94. The molecule has 31 heavy (non-hydrogen) atoms. The van der Waals surface area contributed by atoms with Crippen molar-refractivity contribution in [3.63, 3.8) is 0 Å². The summed E-state index contributed by atoms with van der Waals surface area (Å²) in [5.41, 5.74) is 0.505. The number of halogens is 1. The Labute approximate surface area is 184 Å². The van der Waals surface area contributed by atoms with E-state index in [1.54, 1.807) is 13.8 Å². The predicted molar refractivity (Wildman–Crippen MR) is 112 cm³/mol. The Morgan fingerprint density at radius 1 is 1.19 bits per heavy atom. The molecule has 0 saturated carbocycles. The summed E-state index contributed by atoms with van der Waals surface area (Å²) >= 11 is 6.15. The first-order valence-corrected chi connectivity index (χ1v) is 11.3. The fourth-order valence-electron chi connectivity index (χ4n) is 3.24. The molecule has 0 aliphatic carbocycles. The molecule has 3 rings (SSSR count). The highest BCUT2D eigenvalue weighted by Gasteiger charge is 2.34. The molecule has 1 fully saturated rings. The number of sulfonamides is 1. The quantitative estimate of drug-likeness (QED) is 0.362. The molecule has 1 saturated heterocycles. The van der Waals surface area contributed by atoms with Gasteiger partial charge in [-0.25, -0.2) is 13.2 Å². The van der Waals surface area contributed by atoms with Crippen LogP contribution in [-0.4, -0.2) is 48.9 Å². The number of carbonyl (C=O) groups excluding carboxylic acids is 1. The minimum Gasteiger partial charge on any atom is -0.457 e. The van der Waals surface area contributed by atoms with Crippen molar-refractivity contribution in [2.45, 2.75) is 37.6 Å². The van der Waals surface area contributed by atoms with Crippen LogP contribution in [0.4, 0.5) is 5.69 Å². The van der Waals surface area contributed by atoms with Gasteiger partial charge in [-0.05, 0) is 49.7 Å². The number of ether oxygens (including phenoxy) is 2. The Morgan fingerprint density at radius 2 is 1.81 bits per heavy atom. The van der Waals surface area contributed by atoms with Crippen LogP contribution in [0.5, 0.6) is 0 Å². The average molecular weight is 469 g/mol. The number of hydrogen-bond acceptors (Lipinski definition) is 7.